The van der Waals surface area contributed by atoms with Gasteiger partial charge in [0.05, 0.1) is 12.8 Å². The number of furan rings is 1. The number of carbonyl (C=O) groups is 2. The number of para-hydroxylation sites is 1. The monoisotopic (exact) mass is 404 g/mol. The summed E-state index contributed by atoms with van der Waals surface area (Å²) in [7, 11) is 1.54. The lowest BCUT2D eigenvalue weighted by atomic mass is 10.1. The number of amides is 2. The Kier molecular flexibility index (Phi) is 5.26. The molecule has 0 fully saturated rings. The highest BCUT2D eigenvalue weighted by molar-refractivity contribution is 6.07. The normalized spacial score (nSPS) is 10.7. The van der Waals surface area contributed by atoms with Crippen LogP contribution in [-0.4, -0.2) is 25.5 Å². The number of nitrogens with one attached hydrogen (secondary N) is 2. The summed E-state index contributed by atoms with van der Waals surface area (Å²) in [6, 6.07) is 18.1. The fourth-order valence-electron chi connectivity index (χ4n) is 3.22. The molecule has 0 unspecified atom stereocenters. The van der Waals surface area contributed by atoms with Crippen molar-refractivity contribution in [3.05, 3.63) is 60.7 Å². The molecular formula is C23H20N2O5. The van der Waals surface area contributed by atoms with Crippen molar-refractivity contribution in [2.24, 2.45) is 0 Å². The van der Waals surface area contributed by atoms with Crippen LogP contribution in [0.4, 0.5) is 11.4 Å². The molecule has 30 heavy (non-hydrogen) atoms. The molecule has 0 aliphatic heterocycles. The second-order valence-corrected chi connectivity index (χ2v) is 6.69. The number of hydrogen-bond acceptors (Lipinski definition) is 5. The third kappa shape index (κ3) is 4.05. The first kappa shape index (κ1) is 19.3. The molecule has 0 spiro atoms. The van der Waals surface area contributed by atoms with Gasteiger partial charge < -0.3 is 24.5 Å². The number of benzene rings is 3. The first-order valence-electron chi connectivity index (χ1n) is 9.33. The van der Waals surface area contributed by atoms with Gasteiger partial charge in [0.1, 0.15) is 22.7 Å². The predicted molar refractivity (Wildman–Crippen MR) is 115 cm³/mol. The van der Waals surface area contributed by atoms with E-state index in [0.29, 0.717) is 28.5 Å². The summed E-state index contributed by atoms with van der Waals surface area (Å²) in [5.74, 6) is 0.456. The summed E-state index contributed by atoms with van der Waals surface area (Å²) in [4.78, 5) is 23.6. The summed E-state index contributed by atoms with van der Waals surface area (Å²) in [6.07, 6.45) is 0. The lowest BCUT2D eigenvalue weighted by molar-refractivity contribution is -0.118. The number of carbonyl (C=O) groups excluding carboxylic acids is 2. The molecule has 2 amide bonds. The fraction of sp³-hybridized carbons (Fsp3) is 0.130. The van der Waals surface area contributed by atoms with E-state index in [2.05, 4.69) is 10.6 Å². The van der Waals surface area contributed by atoms with Crippen LogP contribution >= 0.6 is 0 Å². The molecule has 7 nitrogen and oxygen atoms in total. The van der Waals surface area contributed by atoms with Crippen LogP contribution < -0.4 is 20.1 Å². The maximum atomic E-state index is 12.4. The Morgan fingerprint density at radius 3 is 2.57 bits per heavy atom. The molecule has 152 valence electrons. The minimum atomic E-state index is -0.353. The van der Waals surface area contributed by atoms with E-state index in [-0.39, 0.29) is 18.4 Å². The Labute approximate surface area is 172 Å². The van der Waals surface area contributed by atoms with Crippen molar-refractivity contribution < 1.29 is 23.5 Å². The molecule has 0 aliphatic rings. The Morgan fingerprint density at radius 1 is 0.933 bits per heavy atom. The molecule has 4 rings (SSSR count). The average Bonchev–Trinajstić information content (AvgIpc) is 3.09. The van der Waals surface area contributed by atoms with Crippen molar-refractivity contribution in [1.29, 1.82) is 0 Å². The molecular weight excluding hydrogens is 384 g/mol. The molecule has 0 saturated heterocycles. The molecule has 1 aromatic heterocycles. The van der Waals surface area contributed by atoms with E-state index in [1.165, 1.54) is 6.92 Å². The quantitative estimate of drug-likeness (QED) is 0.491. The van der Waals surface area contributed by atoms with Gasteiger partial charge in [0, 0.05) is 35.5 Å². The molecule has 0 aliphatic carbocycles. The van der Waals surface area contributed by atoms with Gasteiger partial charge in [-0.15, -0.1) is 0 Å². The van der Waals surface area contributed by atoms with Gasteiger partial charge in [-0.1, -0.05) is 24.3 Å². The summed E-state index contributed by atoms with van der Waals surface area (Å²) in [6.45, 7) is 1.22. The van der Waals surface area contributed by atoms with Crippen molar-refractivity contribution in [3.8, 4) is 11.5 Å². The standard InChI is InChI=1S/C23H20N2O5/c1-14(26)24-15-6-5-7-16(10-15)29-13-23(27)25-19-12-21-18(11-22(19)28-2)17-8-3-4-9-20(17)30-21/h3-12H,13H2,1-2H3,(H,24,26)(H,25,27). The predicted octanol–water partition coefficient (Wildman–Crippen LogP) is 4.57. The highest BCUT2D eigenvalue weighted by Crippen LogP contribution is 2.36. The van der Waals surface area contributed by atoms with Crippen LogP contribution in [0.15, 0.2) is 65.1 Å². The number of rotatable bonds is 6. The fourth-order valence-corrected chi connectivity index (χ4v) is 3.22. The van der Waals surface area contributed by atoms with E-state index >= 15 is 0 Å². The first-order chi connectivity index (χ1) is 14.5. The van der Waals surface area contributed by atoms with Gasteiger partial charge in [0.25, 0.3) is 5.91 Å². The number of ether oxygens (including phenoxy) is 2. The van der Waals surface area contributed by atoms with Crippen molar-refractivity contribution >= 4 is 45.1 Å². The Morgan fingerprint density at radius 2 is 1.77 bits per heavy atom. The third-order valence-electron chi connectivity index (χ3n) is 4.50. The van der Waals surface area contributed by atoms with E-state index < -0.39 is 0 Å². The Bertz CT molecular complexity index is 1250. The van der Waals surface area contributed by atoms with Gasteiger partial charge >= 0.3 is 0 Å². The van der Waals surface area contributed by atoms with E-state index in [1.54, 1.807) is 37.4 Å². The maximum absolute atomic E-state index is 12.4. The van der Waals surface area contributed by atoms with Gasteiger partial charge in [-0.05, 0) is 24.3 Å². The maximum Gasteiger partial charge on any atom is 0.262 e. The Hall–Kier alpha value is -4.00. The lowest BCUT2D eigenvalue weighted by Gasteiger charge is -2.11. The summed E-state index contributed by atoms with van der Waals surface area (Å²) >= 11 is 0. The van der Waals surface area contributed by atoms with Crippen molar-refractivity contribution in [2.75, 3.05) is 24.4 Å². The molecule has 0 bridgehead atoms. The van der Waals surface area contributed by atoms with Gasteiger partial charge in [-0.25, -0.2) is 0 Å². The molecule has 0 atom stereocenters. The molecule has 3 aromatic carbocycles. The van der Waals surface area contributed by atoms with Crippen LogP contribution in [0, 0.1) is 0 Å². The topological polar surface area (TPSA) is 89.8 Å². The van der Waals surface area contributed by atoms with Crippen LogP contribution in [0.1, 0.15) is 6.92 Å². The number of methoxy groups -OCH3 is 1. The zero-order chi connectivity index (χ0) is 21.1. The summed E-state index contributed by atoms with van der Waals surface area (Å²) in [5, 5.41) is 7.35. The van der Waals surface area contributed by atoms with Gasteiger partial charge in [-0.2, -0.15) is 0 Å². The first-order valence-corrected chi connectivity index (χ1v) is 9.33. The SMILES string of the molecule is COc1cc2c(cc1NC(=O)COc1cccc(NC(C)=O)c1)oc1ccccc12. The molecule has 7 heteroatoms. The highest BCUT2D eigenvalue weighted by atomic mass is 16.5. The zero-order valence-electron chi connectivity index (χ0n) is 16.5. The van der Waals surface area contributed by atoms with E-state index in [1.807, 2.05) is 30.3 Å². The van der Waals surface area contributed by atoms with Crippen molar-refractivity contribution in [2.45, 2.75) is 6.92 Å². The largest absolute Gasteiger partial charge is 0.495 e. The van der Waals surface area contributed by atoms with Gasteiger partial charge in [-0.3, -0.25) is 9.59 Å². The smallest absolute Gasteiger partial charge is 0.262 e. The van der Waals surface area contributed by atoms with Gasteiger partial charge in [0.2, 0.25) is 5.91 Å². The van der Waals surface area contributed by atoms with Crippen LogP contribution in [0.5, 0.6) is 11.5 Å². The van der Waals surface area contributed by atoms with Crippen LogP contribution in [0.25, 0.3) is 21.9 Å². The Balaban J connectivity index is 1.50. The third-order valence-corrected chi connectivity index (χ3v) is 4.50. The van der Waals surface area contributed by atoms with Crippen molar-refractivity contribution in [1.82, 2.24) is 0 Å². The second kappa shape index (κ2) is 8.16. The van der Waals surface area contributed by atoms with E-state index in [0.717, 1.165) is 16.4 Å². The molecule has 4 aromatic rings. The van der Waals surface area contributed by atoms with Crippen LogP contribution in [-0.2, 0) is 9.59 Å². The molecule has 1 heterocycles. The average molecular weight is 404 g/mol. The molecule has 0 saturated carbocycles. The van der Waals surface area contributed by atoms with Crippen LogP contribution in [0.2, 0.25) is 0 Å². The zero-order valence-corrected chi connectivity index (χ0v) is 16.5. The summed E-state index contributed by atoms with van der Waals surface area (Å²) < 4.78 is 16.9. The van der Waals surface area contributed by atoms with E-state index in [4.69, 9.17) is 13.9 Å². The lowest BCUT2D eigenvalue weighted by Crippen LogP contribution is -2.20. The second-order valence-electron chi connectivity index (χ2n) is 6.69. The van der Waals surface area contributed by atoms with E-state index in [9.17, 15) is 9.59 Å². The molecule has 2 N–H and O–H groups in total. The minimum Gasteiger partial charge on any atom is -0.495 e. The highest BCUT2D eigenvalue weighted by Gasteiger charge is 2.14. The van der Waals surface area contributed by atoms with Gasteiger partial charge in [0.15, 0.2) is 6.61 Å². The van der Waals surface area contributed by atoms with Crippen molar-refractivity contribution in [3.63, 3.8) is 0 Å². The van der Waals surface area contributed by atoms with Crippen LogP contribution in [0.3, 0.4) is 0 Å². The number of hydrogen-bond donors (Lipinski definition) is 2. The molecule has 0 radical (unpaired) electrons. The number of anilines is 2. The minimum absolute atomic E-state index is 0.182. The summed E-state index contributed by atoms with van der Waals surface area (Å²) in [5.41, 5.74) is 2.50. The number of fused-ring (bicyclic) bond motifs is 3.